The zero-order chi connectivity index (χ0) is 23.5. The summed E-state index contributed by atoms with van der Waals surface area (Å²) in [6, 6.07) is 15.2. The lowest BCUT2D eigenvalue weighted by atomic mass is 9.67. The van der Waals surface area contributed by atoms with Gasteiger partial charge in [0.05, 0.1) is 11.5 Å². The Morgan fingerprint density at radius 1 is 1.19 bits per heavy atom. The first-order chi connectivity index (χ1) is 15.2. The molecule has 2 aromatic rings. The average molecular weight is 472 g/mol. The van der Waals surface area contributed by atoms with Crippen LogP contribution in [0.5, 0.6) is 0 Å². The summed E-state index contributed by atoms with van der Waals surface area (Å²) in [5.41, 5.74) is 1.49. The largest absolute Gasteiger partial charge is 0.331 e. The number of allylic oxidation sites excluding steroid dienone is 1. The second-order valence-corrected chi connectivity index (χ2v) is 9.97. The minimum atomic E-state index is -0.609. The SMILES string of the molecule is C=CCC1(C)CC(c2cccc(Cl)c2)C(c2ccc(Cl)cc2)N([C@@H](CC)CC(C)=O)C1=O. The molecule has 1 amide bonds. The van der Waals surface area contributed by atoms with E-state index in [0.717, 1.165) is 11.1 Å². The minimum Gasteiger partial charge on any atom is -0.331 e. The maximum atomic E-state index is 14.0. The Hall–Kier alpha value is -2.10. The van der Waals surface area contributed by atoms with Gasteiger partial charge in [-0.25, -0.2) is 0 Å². The van der Waals surface area contributed by atoms with Crippen LogP contribution in [0.2, 0.25) is 10.0 Å². The number of amides is 1. The summed E-state index contributed by atoms with van der Waals surface area (Å²) in [7, 11) is 0. The zero-order valence-electron chi connectivity index (χ0n) is 19.0. The van der Waals surface area contributed by atoms with Crippen LogP contribution < -0.4 is 0 Å². The molecule has 0 aromatic heterocycles. The molecule has 4 atom stereocenters. The number of nitrogens with zero attached hydrogens (tertiary/aromatic N) is 1. The number of Topliss-reactive ketones (excluding diaryl/α,β-unsaturated/α-hetero) is 1. The van der Waals surface area contributed by atoms with Gasteiger partial charge in [0.1, 0.15) is 5.78 Å². The molecule has 170 valence electrons. The van der Waals surface area contributed by atoms with Gasteiger partial charge in [-0.1, -0.05) is 67.4 Å². The fourth-order valence-electron chi connectivity index (χ4n) is 5.06. The first-order valence-corrected chi connectivity index (χ1v) is 11.9. The van der Waals surface area contributed by atoms with Crippen molar-refractivity contribution in [3.63, 3.8) is 0 Å². The van der Waals surface area contributed by atoms with Crippen molar-refractivity contribution in [3.05, 3.63) is 82.4 Å². The molecule has 1 aliphatic rings. The maximum Gasteiger partial charge on any atom is 0.229 e. The zero-order valence-corrected chi connectivity index (χ0v) is 20.5. The third-order valence-corrected chi connectivity index (χ3v) is 7.06. The smallest absolute Gasteiger partial charge is 0.229 e. The quantitative estimate of drug-likeness (QED) is 0.376. The van der Waals surface area contributed by atoms with E-state index in [-0.39, 0.29) is 29.7 Å². The van der Waals surface area contributed by atoms with Crippen molar-refractivity contribution in [1.29, 1.82) is 0 Å². The van der Waals surface area contributed by atoms with Crippen LogP contribution in [0.4, 0.5) is 0 Å². The van der Waals surface area contributed by atoms with E-state index in [1.54, 1.807) is 6.92 Å². The van der Waals surface area contributed by atoms with E-state index in [9.17, 15) is 9.59 Å². The number of likely N-dealkylation sites (tertiary alicyclic amines) is 1. The Morgan fingerprint density at radius 2 is 1.88 bits per heavy atom. The number of rotatable bonds is 8. The Balaban J connectivity index is 2.23. The molecule has 0 saturated carbocycles. The van der Waals surface area contributed by atoms with Crippen molar-refractivity contribution >= 4 is 34.9 Å². The highest BCUT2D eigenvalue weighted by atomic mass is 35.5. The number of hydrogen-bond donors (Lipinski definition) is 0. The van der Waals surface area contributed by atoms with E-state index in [2.05, 4.69) is 12.6 Å². The molecule has 0 spiro atoms. The predicted molar refractivity (Wildman–Crippen MR) is 132 cm³/mol. The van der Waals surface area contributed by atoms with Crippen molar-refractivity contribution in [2.24, 2.45) is 5.41 Å². The molecule has 0 N–H and O–H groups in total. The van der Waals surface area contributed by atoms with Crippen molar-refractivity contribution in [2.45, 2.75) is 64.5 Å². The van der Waals surface area contributed by atoms with Crippen LogP contribution in [0.25, 0.3) is 0 Å². The van der Waals surface area contributed by atoms with Crippen LogP contribution in [0, 0.1) is 5.41 Å². The normalized spacial score (nSPS) is 24.3. The molecule has 1 aliphatic heterocycles. The van der Waals surface area contributed by atoms with E-state index in [4.69, 9.17) is 23.2 Å². The van der Waals surface area contributed by atoms with Gasteiger partial charge < -0.3 is 4.90 Å². The van der Waals surface area contributed by atoms with Gasteiger partial charge in [-0.05, 0) is 61.6 Å². The van der Waals surface area contributed by atoms with Gasteiger partial charge in [0.2, 0.25) is 5.91 Å². The van der Waals surface area contributed by atoms with E-state index in [0.29, 0.717) is 35.7 Å². The molecule has 0 radical (unpaired) electrons. The number of piperidine rings is 1. The molecule has 3 rings (SSSR count). The molecule has 1 heterocycles. The standard InChI is InChI=1S/C27H31Cl2NO2/c1-5-14-27(4)17-24(20-8-7-9-22(29)16-20)25(19-10-12-21(28)13-11-19)30(26(27)32)23(6-2)15-18(3)31/h5,7-13,16,23-25H,1,6,14-15,17H2,2-4H3/t23-,24?,25?,27?/m0/s1. The number of benzene rings is 2. The lowest BCUT2D eigenvalue weighted by molar-refractivity contribution is -0.155. The average Bonchev–Trinajstić information content (AvgIpc) is 2.75. The Morgan fingerprint density at radius 3 is 2.44 bits per heavy atom. The summed E-state index contributed by atoms with van der Waals surface area (Å²) in [5.74, 6) is 0.164. The molecule has 0 bridgehead atoms. The van der Waals surface area contributed by atoms with Crippen molar-refractivity contribution in [1.82, 2.24) is 4.90 Å². The summed E-state index contributed by atoms with van der Waals surface area (Å²) in [4.78, 5) is 28.1. The molecule has 3 unspecified atom stereocenters. The summed E-state index contributed by atoms with van der Waals surface area (Å²) >= 11 is 12.6. The van der Waals surface area contributed by atoms with E-state index in [1.165, 1.54) is 0 Å². The van der Waals surface area contributed by atoms with Crippen LogP contribution >= 0.6 is 23.2 Å². The third kappa shape index (κ3) is 5.10. The highest BCUT2D eigenvalue weighted by Gasteiger charge is 2.50. The first kappa shape index (κ1) is 24.5. The molecule has 32 heavy (non-hydrogen) atoms. The van der Waals surface area contributed by atoms with Crippen LogP contribution in [0.1, 0.15) is 69.5 Å². The molecular weight excluding hydrogens is 441 g/mol. The second-order valence-electron chi connectivity index (χ2n) is 9.10. The number of carbonyl (C=O) groups is 2. The maximum absolute atomic E-state index is 14.0. The number of ketones is 1. The second kappa shape index (κ2) is 10.2. The molecule has 1 saturated heterocycles. The Bertz CT molecular complexity index is 987. The highest BCUT2D eigenvalue weighted by Crippen LogP contribution is 2.52. The third-order valence-electron chi connectivity index (χ3n) is 6.57. The van der Waals surface area contributed by atoms with E-state index < -0.39 is 5.41 Å². The lowest BCUT2D eigenvalue weighted by Gasteiger charge is -2.52. The van der Waals surface area contributed by atoms with Crippen LogP contribution in [0.15, 0.2) is 61.2 Å². The molecular formula is C27H31Cl2NO2. The molecule has 3 nitrogen and oxygen atoms in total. The van der Waals surface area contributed by atoms with Crippen LogP contribution in [0.3, 0.4) is 0 Å². The monoisotopic (exact) mass is 471 g/mol. The summed E-state index contributed by atoms with van der Waals surface area (Å²) in [5, 5.41) is 1.32. The predicted octanol–water partition coefficient (Wildman–Crippen LogP) is 7.39. The van der Waals surface area contributed by atoms with Crippen molar-refractivity contribution < 1.29 is 9.59 Å². The molecule has 1 fully saturated rings. The van der Waals surface area contributed by atoms with Crippen LogP contribution in [-0.2, 0) is 9.59 Å². The summed E-state index contributed by atoms with van der Waals surface area (Å²) in [6.07, 6.45) is 4.09. The van der Waals surface area contributed by atoms with Gasteiger partial charge in [-0.2, -0.15) is 0 Å². The summed E-state index contributed by atoms with van der Waals surface area (Å²) in [6.45, 7) is 9.55. The van der Waals surface area contributed by atoms with Gasteiger partial charge in [0, 0.05) is 28.4 Å². The van der Waals surface area contributed by atoms with Crippen molar-refractivity contribution in [3.8, 4) is 0 Å². The number of halogens is 2. The molecule has 5 heteroatoms. The Labute approximate surface area is 201 Å². The van der Waals surface area contributed by atoms with Gasteiger partial charge in [0.25, 0.3) is 0 Å². The van der Waals surface area contributed by atoms with Crippen LogP contribution in [-0.4, -0.2) is 22.6 Å². The van der Waals surface area contributed by atoms with Crippen molar-refractivity contribution in [2.75, 3.05) is 0 Å². The van der Waals surface area contributed by atoms with E-state index >= 15 is 0 Å². The van der Waals surface area contributed by atoms with Gasteiger partial charge in [-0.3, -0.25) is 9.59 Å². The Kier molecular flexibility index (Phi) is 7.84. The molecule has 2 aromatic carbocycles. The topological polar surface area (TPSA) is 37.4 Å². The highest BCUT2D eigenvalue weighted by molar-refractivity contribution is 6.30. The summed E-state index contributed by atoms with van der Waals surface area (Å²) < 4.78 is 0. The fourth-order valence-corrected chi connectivity index (χ4v) is 5.38. The lowest BCUT2D eigenvalue weighted by Crippen LogP contribution is -2.55. The fraction of sp³-hybridized carbons (Fsp3) is 0.407. The van der Waals surface area contributed by atoms with E-state index in [1.807, 2.05) is 67.3 Å². The van der Waals surface area contributed by atoms with Gasteiger partial charge >= 0.3 is 0 Å². The minimum absolute atomic E-state index is 0.0125. The van der Waals surface area contributed by atoms with Gasteiger partial charge in [-0.15, -0.1) is 6.58 Å². The molecule has 0 aliphatic carbocycles. The number of hydrogen-bond acceptors (Lipinski definition) is 2. The first-order valence-electron chi connectivity index (χ1n) is 11.1. The van der Waals surface area contributed by atoms with Gasteiger partial charge in [0.15, 0.2) is 0 Å². The number of carbonyl (C=O) groups excluding carboxylic acids is 2.